The zero-order valence-electron chi connectivity index (χ0n) is 16.9. The third-order valence-electron chi connectivity index (χ3n) is 4.54. The number of hydrogen-bond acceptors (Lipinski definition) is 7. The molecule has 30 heavy (non-hydrogen) atoms. The number of nitrogens with one attached hydrogen (secondary N) is 2. The Labute approximate surface area is 193 Å². The van der Waals surface area contributed by atoms with Crippen molar-refractivity contribution in [3.63, 3.8) is 0 Å². The quantitative estimate of drug-likeness (QED) is 0.141. The maximum absolute atomic E-state index is 11.1. The van der Waals surface area contributed by atoms with Crippen molar-refractivity contribution in [3.8, 4) is 0 Å². The third-order valence-corrected chi connectivity index (χ3v) is 4.54. The molecule has 0 spiro atoms. The fraction of sp³-hybridized carbons (Fsp3) is 0.421. The lowest BCUT2D eigenvalue weighted by atomic mass is 10.2. The van der Waals surface area contributed by atoms with Crippen LogP contribution in [-0.2, 0) is 0 Å². The average molecular weight is 526 g/mol. The number of aromatic nitrogens is 2. The van der Waals surface area contributed by atoms with Crippen molar-refractivity contribution < 1.29 is 4.92 Å². The summed E-state index contributed by atoms with van der Waals surface area (Å²) in [6.45, 7) is 7.12. The Kier molecular flexibility index (Phi) is 9.51. The van der Waals surface area contributed by atoms with Crippen molar-refractivity contribution >= 4 is 47.3 Å². The van der Waals surface area contributed by atoms with E-state index in [1.807, 2.05) is 13.0 Å². The van der Waals surface area contributed by atoms with Crippen LogP contribution in [0.4, 0.5) is 17.3 Å². The lowest BCUT2D eigenvalue weighted by Crippen LogP contribution is -2.53. The lowest BCUT2D eigenvalue weighted by Gasteiger charge is -2.36. The van der Waals surface area contributed by atoms with Gasteiger partial charge in [0.05, 0.1) is 11.5 Å². The highest BCUT2D eigenvalue weighted by molar-refractivity contribution is 14.0. The Morgan fingerprint density at radius 1 is 1.17 bits per heavy atom. The van der Waals surface area contributed by atoms with E-state index in [-0.39, 0.29) is 34.6 Å². The molecule has 0 amide bonds. The van der Waals surface area contributed by atoms with Gasteiger partial charge in [0.2, 0.25) is 5.95 Å². The number of aliphatic imine (C=N–C) groups is 1. The third kappa shape index (κ3) is 6.40. The summed E-state index contributed by atoms with van der Waals surface area (Å²) in [5, 5.41) is 17.5. The Hall–Kier alpha value is -2.70. The van der Waals surface area contributed by atoms with Gasteiger partial charge in [-0.15, -0.1) is 24.0 Å². The summed E-state index contributed by atoms with van der Waals surface area (Å²) in [5.74, 6) is 1.60. The topological polar surface area (TPSA) is 112 Å². The summed E-state index contributed by atoms with van der Waals surface area (Å²) in [6, 6.07) is 8.45. The summed E-state index contributed by atoms with van der Waals surface area (Å²) in [4.78, 5) is 28.4. The van der Waals surface area contributed by atoms with Crippen LogP contribution in [-0.4, -0.2) is 71.6 Å². The van der Waals surface area contributed by atoms with Gasteiger partial charge < -0.3 is 20.4 Å². The molecule has 0 aliphatic carbocycles. The fourth-order valence-electron chi connectivity index (χ4n) is 3.13. The molecular formula is C19H27IN8O2. The van der Waals surface area contributed by atoms with Gasteiger partial charge in [-0.3, -0.25) is 15.1 Å². The number of piperazine rings is 1. The number of halogens is 1. The van der Waals surface area contributed by atoms with Crippen LogP contribution in [0, 0.1) is 10.1 Å². The Morgan fingerprint density at radius 3 is 2.53 bits per heavy atom. The minimum absolute atomic E-state index is 0. The van der Waals surface area contributed by atoms with Crippen molar-refractivity contribution in [3.05, 3.63) is 52.8 Å². The van der Waals surface area contributed by atoms with Crippen molar-refractivity contribution in [2.75, 3.05) is 56.0 Å². The van der Waals surface area contributed by atoms with E-state index in [2.05, 4.69) is 35.4 Å². The first kappa shape index (κ1) is 23.6. The van der Waals surface area contributed by atoms with E-state index < -0.39 is 0 Å². The molecule has 1 saturated heterocycles. The van der Waals surface area contributed by atoms with E-state index in [0.29, 0.717) is 18.8 Å². The average Bonchev–Trinajstić information content (AvgIpc) is 2.77. The predicted octanol–water partition coefficient (Wildman–Crippen LogP) is 2.20. The molecule has 0 radical (unpaired) electrons. The van der Waals surface area contributed by atoms with E-state index in [9.17, 15) is 10.1 Å². The number of hydrogen-bond donors (Lipinski definition) is 2. The molecule has 1 aliphatic rings. The summed E-state index contributed by atoms with van der Waals surface area (Å²) in [6.07, 6.45) is 3.51. The molecule has 2 N–H and O–H groups in total. The molecule has 0 atom stereocenters. The molecule has 162 valence electrons. The van der Waals surface area contributed by atoms with Gasteiger partial charge in [0.25, 0.3) is 5.69 Å². The van der Waals surface area contributed by atoms with Gasteiger partial charge in [0.1, 0.15) is 5.69 Å². The predicted molar refractivity (Wildman–Crippen MR) is 129 cm³/mol. The molecular weight excluding hydrogens is 499 g/mol. The molecule has 0 unspecified atom stereocenters. The summed E-state index contributed by atoms with van der Waals surface area (Å²) < 4.78 is 0. The minimum Gasteiger partial charge on any atom is -0.378 e. The van der Waals surface area contributed by atoms with Crippen LogP contribution in [0.5, 0.6) is 0 Å². The summed E-state index contributed by atoms with van der Waals surface area (Å²) in [7, 11) is 0. The number of nitro benzene ring substituents is 1. The van der Waals surface area contributed by atoms with E-state index >= 15 is 0 Å². The summed E-state index contributed by atoms with van der Waals surface area (Å²) in [5.41, 5.74) is 0.580. The SMILES string of the molecule is CCNC(=NCCNc1ccccc1[N+](=O)[O-])N1CCN(c2ncccn2)CC1.I. The largest absolute Gasteiger partial charge is 0.378 e. The van der Waals surface area contributed by atoms with Crippen molar-refractivity contribution in [2.24, 2.45) is 4.99 Å². The fourth-order valence-corrected chi connectivity index (χ4v) is 3.13. The van der Waals surface area contributed by atoms with Crippen LogP contribution in [0.2, 0.25) is 0 Å². The molecule has 11 heteroatoms. The molecule has 10 nitrogen and oxygen atoms in total. The minimum atomic E-state index is -0.383. The second-order valence-electron chi connectivity index (χ2n) is 6.46. The number of nitrogens with zero attached hydrogens (tertiary/aromatic N) is 6. The van der Waals surface area contributed by atoms with E-state index in [0.717, 1.165) is 44.6 Å². The smallest absolute Gasteiger partial charge is 0.292 e. The van der Waals surface area contributed by atoms with Crippen LogP contribution in [0.1, 0.15) is 6.92 Å². The number of nitro groups is 1. The van der Waals surface area contributed by atoms with Gasteiger partial charge in [-0.25, -0.2) is 9.97 Å². The number of guanidine groups is 1. The van der Waals surface area contributed by atoms with Gasteiger partial charge in [0, 0.05) is 57.7 Å². The standard InChI is InChI=1S/C19H26N8O2.HI/c1-2-20-18(24-11-10-21-16-6-3-4-7-17(16)27(28)29)25-12-14-26(15-13-25)19-22-8-5-9-23-19;/h3-9,21H,2,10-15H2,1H3,(H,20,24);1H. The first-order valence-electron chi connectivity index (χ1n) is 9.71. The molecule has 0 saturated carbocycles. The highest BCUT2D eigenvalue weighted by Crippen LogP contribution is 2.22. The van der Waals surface area contributed by atoms with Crippen LogP contribution in [0.3, 0.4) is 0 Å². The van der Waals surface area contributed by atoms with Crippen molar-refractivity contribution in [1.82, 2.24) is 20.2 Å². The van der Waals surface area contributed by atoms with E-state index in [1.54, 1.807) is 30.6 Å². The molecule has 2 aromatic rings. The van der Waals surface area contributed by atoms with E-state index in [1.165, 1.54) is 6.07 Å². The number of benzene rings is 1. The maximum atomic E-state index is 11.1. The molecule has 1 fully saturated rings. The van der Waals surface area contributed by atoms with Crippen LogP contribution < -0.4 is 15.5 Å². The zero-order valence-corrected chi connectivity index (χ0v) is 19.2. The van der Waals surface area contributed by atoms with Gasteiger partial charge in [-0.05, 0) is 19.1 Å². The second-order valence-corrected chi connectivity index (χ2v) is 6.46. The molecule has 2 heterocycles. The number of rotatable bonds is 7. The van der Waals surface area contributed by atoms with E-state index in [4.69, 9.17) is 0 Å². The van der Waals surface area contributed by atoms with Crippen molar-refractivity contribution in [1.29, 1.82) is 0 Å². The normalized spacial score (nSPS) is 14.1. The van der Waals surface area contributed by atoms with Gasteiger partial charge in [-0.1, -0.05) is 12.1 Å². The lowest BCUT2D eigenvalue weighted by molar-refractivity contribution is -0.384. The van der Waals surface area contributed by atoms with Crippen LogP contribution in [0.15, 0.2) is 47.7 Å². The Balaban J connectivity index is 0.00000320. The number of para-hydroxylation sites is 2. The van der Waals surface area contributed by atoms with Gasteiger partial charge >= 0.3 is 0 Å². The first-order valence-corrected chi connectivity index (χ1v) is 9.71. The monoisotopic (exact) mass is 526 g/mol. The maximum Gasteiger partial charge on any atom is 0.292 e. The zero-order chi connectivity index (χ0) is 20.5. The highest BCUT2D eigenvalue weighted by Gasteiger charge is 2.21. The van der Waals surface area contributed by atoms with Gasteiger partial charge in [-0.2, -0.15) is 0 Å². The van der Waals surface area contributed by atoms with Crippen LogP contribution >= 0.6 is 24.0 Å². The highest BCUT2D eigenvalue weighted by atomic mass is 127. The summed E-state index contributed by atoms with van der Waals surface area (Å²) >= 11 is 0. The van der Waals surface area contributed by atoms with Gasteiger partial charge in [0.15, 0.2) is 5.96 Å². The Morgan fingerprint density at radius 2 is 1.87 bits per heavy atom. The van der Waals surface area contributed by atoms with Crippen LogP contribution in [0.25, 0.3) is 0 Å². The Bertz CT molecular complexity index is 828. The molecule has 3 rings (SSSR count). The van der Waals surface area contributed by atoms with Crippen molar-refractivity contribution in [2.45, 2.75) is 6.92 Å². The number of anilines is 2. The molecule has 1 aliphatic heterocycles. The molecule has 0 bridgehead atoms. The molecule has 1 aromatic heterocycles. The first-order chi connectivity index (χ1) is 14.2. The molecule has 1 aromatic carbocycles. The second kappa shape index (κ2) is 12.1.